The van der Waals surface area contributed by atoms with Crippen molar-refractivity contribution in [3.05, 3.63) is 83.4 Å². The van der Waals surface area contributed by atoms with E-state index in [2.05, 4.69) is 71.6 Å². The molecule has 2 aromatic rings. The number of benzene rings is 2. The van der Waals surface area contributed by atoms with Crippen LogP contribution in [-0.4, -0.2) is 23.7 Å². The SMILES string of the molecule is C1=C2[C@@H](c3ccccc3)N(Cc3ccccc3)C[C@H]3CCC[C@@]23OCC1. The molecule has 1 saturated heterocycles. The number of rotatable bonds is 3. The van der Waals surface area contributed by atoms with E-state index in [0.29, 0.717) is 12.0 Å². The molecule has 3 atom stereocenters. The van der Waals surface area contributed by atoms with Gasteiger partial charge in [0.2, 0.25) is 0 Å². The van der Waals surface area contributed by atoms with Crippen molar-refractivity contribution in [2.24, 2.45) is 5.92 Å². The summed E-state index contributed by atoms with van der Waals surface area (Å²) >= 11 is 0. The van der Waals surface area contributed by atoms with E-state index in [-0.39, 0.29) is 5.60 Å². The van der Waals surface area contributed by atoms with Crippen molar-refractivity contribution in [2.45, 2.75) is 43.9 Å². The lowest BCUT2D eigenvalue weighted by Gasteiger charge is -2.52. The van der Waals surface area contributed by atoms with Gasteiger partial charge in [-0.2, -0.15) is 0 Å². The van der Waals surface area contributed by atoms with Gasteiger partial charge in [0.25, 0.3) is 0 Å². The molecule has 2 fully saturated rings. The smallest absolute Gasteiger partial charge is 0.0950 e. The number of hydrogen-bond donors (Lipinski definition) is 0. The maximum atomic E-state index is 6.55. The van der Waals surface area contributed by atoms with Crippen LogP contribution in [0.2, 0.25) is 0 Å². The van der Waals surface area contributed by atoms with Gasteiger partial charge in [-0.1, -0.05) is 66.7 Å². The van der Waals surface area contributed by atoms with Gasteiger partial charge in [-0.05, 0) is 42.4 Å². The Morgan fingerprint density at radius 3 is 2.58 bits per heavy atom. The maximum Gasteiger partial charge on any atom is 0.0950 e. The quantitative estimate of drug-likeness (QED) is 0.715. The van der Waals surface area contributed by atoms with Gasteiger partial charge in [-0.15, -0.1) is 0 Å². The van der Waals surface area contributed by atoms with E-state index in [4.69, 9.17) is 4.74 Å². The van der Waals surface area contributed by atoms with Crippen LogP contribution in [0.3, 0.4) is 0 Å². The van der Waals surface area contributed by atoms with Crippen LogP contribution in [-0.2, 0) is 11.3 Å². The number of likely N-dealkylation sites (tertiary alicyclic amines) is 1. The van der Waals surface area contributed by atoms with Crippen LogP contribution in [0.5, 0.6) is 0 Å². The first-order valence-corrected chi connectivity index (χ1v) is 10.0. The predicted molar refractivity (Wildman–Crippen MR) is 105 cm³/mol. The van der Waals surface area contributed by atoms with Gasteiger partial charge < -0.3 is 4.74 Å². The van der Waals surface area contributed by atoms with E-state index in [0.717, 1.165) is 26.1 Å². The molecule has 2 heterocycles. The molecule has 0 radical (unpaired) electrons. The molecular weight excluding hydrogens is 318 g/mol. The Bertz CT molecular complexity index is 784. The minimum absolute atomic E-state index is 0.00590. The summed E-state index contributed by atoms with van der Waals surface area (Å²) in [5.74, 6) is 0.637. The van der Waals surface area contributed by atoms with Crippen LogP contribution >= 0.6 is 0 Å². The van der Waals surface area contributed by atoms with Gasteiger partial charge in [0.15, 0.2) is 0 Å². The van der Waals surface area contributed by atoms with Crippen LogP contribution in [0, 0.1) is 5.92 Å². The summed E-state index contributed by atoms with van der Waals surface area (Å²) in [7, 11) is 0. The third-order valence-corrected chi connectivity index (χ3v) is 6.55. The lowest BCUT2D eigenvalue weighted by atomic mass is 9.72. The van der Waals surface area contributed by atoms with E-state index in [9.17, 15) is 0 Å². The first-order chi connectivity index (χ1) is 12.9. The molecular formula is C24H27NO. The topological polar surface area (TPSA) is 12.5 Å². The van der Waals surface area contributed by atoms with Crippen LogP contribution in [0.1, 0.15) is 42.9 Å². The Morgan fingerprint density at radius 1 is 1.00 bits per heavy atom. The van der Waals surface area contributed by atoms with Gasteiger partial charge in [0, 0.05) is 19.0 Å². The fraction of sp³-hybridized carbons (Fsp3) is 0.417. The van der Waals surface area contributed by atoms with Crippen molar-refractivity contribution >= 4 is 0 Å². The zero-order valence-corrected chi connectivity index (χ0v) is 15.3. The summed E-state index contributed by atoms with van der Waals surface area (Å²) in [5, 5.41) is 0. The highest BCUT2D eigenvalue weighted by Gasteiger charge is 2.54. The molecule has 1 saturated carbocycles. The second-order valence-electron chi connectivity index (χ2n) is 8.00. The summed E-state index contributed by atoms with van der Waals surface area (Å²) in [6.07, 6.45) is 7.35. The Kier molecular flexibility index (Phi) is 4.18. The standard InChI is InChI=1S/C24H27NO/c1-3-9-19(10-4-1)17-25-18-21-13-7-15-24(21)22(14-8-16-26-24)23(25)20-11-5-2-6-12-20/h1-6,9-12,14,21,23H,7-8,13,15-18H2/t21-,23-,24+/m1/s1. The summed E-state index contributed by atoms with van der Waals surface area (Å²) < 4.78 is 6.55. The van der Waals surface area contributed by atoms with Gasteiger partial charge in [-0.3, -0.25) is 4.90 Å². The summed E-state index contributed by atoms with van der Waals surface area (Å²) in [5.41, 5.74) is 4.35. The van der Waals surface area contributed by atoms with E-state index >= 15 is 0 Å². The first kappa shape index (κ1) is 16.3. The molecule has 0 N–H and O–H groups in total. The van der Waals surface area contributed by atoms with Gasteiger partial charge >= 0.3 is 0 Å². The number of piperidine rings is 1. The number of ether oxygens (including phenoxy) is 1. The van der Waals surface area contributed by atoms with Gasteiger partial charge in [0.05, 0.1) is 18.2 Å². The summed E-state index contributed by atoms with van der Waals surface area (Å²) in [6, 6.07) is 22.3. The van der Waals surface area contributed by atoms with E-state index < -0.39 is 0 Å². The van der Waals surface area contributed by atoms with Gasteiger partial charge in [-0.25, -0.2) is 0 Å². The van der Waals surface area contributed by atoms with Crippen LogP contribution < -0.4 is 0 Å². The number of hydrogen-bond acceptors (Lipinski definition) is 2. The number of nitrogens with zero attached hydrogens (tertiary/aromatic N) is 1. The molecule has 2 nitrogen and oxygen atoms in total. The molecule has 5 rings (SSSR count). The van der Waals surface area contributed by atoms with E-state index in [1.54, 1.807) is 5.57 Å². The zero-order valence-electron chi connectivity index (χ0n) is 15.3. The van der Waals surface area contributed by atoms with Crippen molar-refractivity contribution in [3.8, 4) is 0 Å². The molecule has 2 aliphatic heterocycles. The molecule has 2 heteroatoms. The molecule has 0 bridgehead atoms. The highest BCUT2D eigenvalue weighted by Crippen LogP contribution is 2.55. The monoisotopic (exact) mass is 345 g/mol. The van der Waals surface area contributed by atoms with Crippen LogP contribution in [0.4, 0.5) is 0 Å². The fourth-order valence-electron chi connectivity index (χ4n) is 5.50. The third kappa shape index (κ3) is 2.64. The van der Waals surface area contributed by atoms with Crippen molar-refractivity contribution in [3.63, 3.8) is 0 Å². The zero-order chi connectivity index (χ0) is 17.4. The predicted octanol–water partition coefficient (Wildman–Crippen LogP) is 5.13. The third-order valence-electron chi connectivity index (χ3n) is 6.55. The minimum atomic E-state index is 0.00590. The summed E-state index contributed by atoms with van der Waals surface area (Å²) in [6.45, 7) is 3.02. The van der Waals surface area contributed by atoms with Crippen LogP contribution in [0.15, 0.2) is 72.3 Å². The van der Waals surface area contributed by atoms with Crippen LogP contribution in [0.25, 0.3) is 0 Å². The largest absolute Gasteiger partial charge is 0.370 e. The normalized spacial score (nSPS) is 31.2. The molecule has 1 aliphatic carbocycles. The average molecular weight is 345 g/mol. The maximum absolute atomic E-state index is 6.55. The van der Waals surface area contributed by atoms with Gasteiger partial charge in [0.1, 0.15) is 0 Å². The minimum Gasteiger partial charge on any atom is -0.370 e. The lowest BCUT2D eigenvalue weighted by molar-refractivity contribution is -0.0918. The Hall–Kier alpha value is -1.90. The average Bonchev–Trinajstić information content (AvgIpc) is 3.10. The molecule has 2 aromatic carbocycles. The van der Waals surface area contributed by atoms with Crippen molar-refractivity contribution in [2.75, 3.05) is 13.2 Å². The Labute approximate surface area is 156 Å². The summed E-state index contributed by atoms with van der Waals surface area (Å²) in [4.78, 5) is 2.69. The Balaban J connectivity index is 1.58. The molecule has 26 heavy (non-hydrogen) atoms. The molecule has 0 amide bonds. The van der Waals surface area contributed by atoms with E-state index in [1.807, 2.05) is 0 Å². The van der Waals surface area contributed by atoms with E-state index in [1.165, 1.54) is 30.4 Å². The van der Waals surface area contributed by atoms with Crippen molar-refractivity contribution < 1.29 is 4.74 Å². The Morgan fingerprint density at radius 2 is 1.77 bits per heavy atom. The van der Waals surface area contributed by atoms with Crippen molar-refractivity contribution in [1.29, 1.82) is 0 Å². The highest BCUT2D eigenvalue weighted by atomic mass is 16.5. The van der Waals surface area contributed by atoms with Crippen molar-refractivity contribution in [1.82, 2.24) is 4.90 Å². The molecule has 134 valence electrons. The fourth-order valence-corrected chi connectivity index (χ4v) is 5.50. The molecule has 1 spiro atoms. The molecule has 3 aliphatic rings. The molecule has 0 aromatic heterocycles. The molecule has 0 unspecified atom stereocenters. The second kappa shape index (κ2) is 6.68. The first-order valence-electron chi connectivity index (χ1n) is 10.0. The lowest BCUT2D eigenvalue weighted by Crippen LogP contribution is -2.54. The second-order valence-corrected chi connectivity index (χ2v) is 8.00. The highest BCUT2D eigenvalue weighted by molar-refractivity contribution is 5.39.